The van der Waals surface area contributed by atoms with Crippen molar-refractivity contribution in [2.24, 2.45) is 40.4 Å². The van der Waals surface area contributed by atoms with Crippen molar-refractivity contribution in [1.29, 1.82) is 0 Å². The topological polar surface area (TPSA) is 62.2 Å². The summed E-state index contributed by atoms with van der Waals surface area (Å²) in [7, 11) is 3.61. The van der Waals surface area contributed by atoms with Crippen LogP contribution >= 0.6 is 0 Å². The van der Waals surface area contributed by atoms with Crippen LogP contribution in [0, 0.1) is 40.4 Å². The molecule has 0 unspecified atom stereocenters. The van der Waals surface area contributed by atoms with Crippen LogP contribution in [0.1, 0.15) is 46.0 Å². The molecule has 2 N–H and O–H groups in total. The van der Waals surface area contributed by atoms with Gasteiger partial charge in [-0.15, -0.1) is 0 Å². The van der Waals surface area contributed by atoms with Gasteiger partial charge < -0.3 is 19.7 Å². The zero-order chi connectivity index (χ0) is 19.6. The molecule has 5 aliphatic carbocycles. The highest BCUT2D eigenvalue weighted by molar-refractivity contribution is 5.32. The molecule has 5 nitrogen and oxygen atoms in total. The van der Waals surface area contributed by atoms with Crippen molar-refractivity contribution < 1.29 is 19.7 Å². The molecule has 0 amide bonds. The summed E-state index contributed by atoms with van der Waals surface area (Å²) in [6, 6.07) is 0.309. The number of hydrogen-bond donors (Lipinski definition) is 2. The van der Waals surface area contributed by atoms with Crippen molar-refractivity contribution in [3.05, 3.63) is 0 Å². The minimum atomic E-state index is -0.731. The molecule has 5 saturated carbocycles. The molecule has 7 bridgehead atoms. The van der Waals surface area contributed by atoms with Crippen molar-refractivity contribution in [2.45, 2.75) is 75.9 Å². The van der Waals surface area contributed by atoms with Gasteiger partial charge in [0.2, 0.25) is 0 Å². The highest BCUT2D eigenvalue weighted by Crippen LogP contribution is 2.78. The molecule has 1 heterocycles. The van der Waals surface area contributed by atoms with Crippen LogP contribution in [0.4, 0.5) is 0 Å². The first-order valence-electron chi connectivity index (χ1n) is 11.6. The fourth-order valence-corrected chi connectivity index (χ4v) is 10.4. The second-order valence-electron chi connectivity index (χ2n) is 11.3. The molecule has 1 aliphatic heterocycles. The molecular weight excluding hydrogens is 354 g/mol. The third-order valence-electron chi connectivity index (χ3n) is 10.9. The van der Waals surface area contributed by atoms with Crippen molar-refractivity contribution >= 4 is 0 Å². The van der Waals surface area contributed by atoms with Gasteiger partial charge in [-0.1, -0.05) is 13.8 Å². The van der Waals surface area contributed by atoms with Gasteiger partial charge >= 0.3 is 0 Å². The summed E-state index contributed by atoms with van der Waals surface area (Å²) in [5, 5.41) is 24.0. The second-order valence-corrected chi connectivity index (χ2v) is 11.3. The summed E-state index contributed by atoms with van der Waals surface area (Å²) in [4.78, 5) is 2.65. The Balaban J connectivity index is 1.59. The number of nitrogens with zero attached hydrogens (tertiary/aromatic N) is 1. The van der Waals surface area contributed by atoms with E-state index in [1.54, 1.807) is 7.11 Å². The van der Waals surface area contributed by atoms with Gasteiger partial charge in [-0.25, -0.2) is 0 Å². The Kier molecular flexibility index (Phi) is 3.67. The third-order valence-corrected chi connectivity index (χ3v) is 10.9. The lowest BCUT2D eigenvalue weighted by molar-refractivity contribution is -0.268. The maximum absolute atomic E-state index is 12.4. The number of rotatable bonds is 3. The first-order chi connectivity index (χ1) is 13.4. The Bertz CT molecular complexity index is 688. The van der Waals surface area contributed by atoms with Crippen LogP contribution in [0.25, 0.3) is 0 Å². The lowest BCUT2D eigenvalue weighted by Crippen LogP contribution is -2.75. The quantitative estimate of drug-likeness (QED) is 0.770. The van der Waals surface area contributed by atoms with E-state index in [-0.39, 0.29) is 41.0 Å². The number of hydrogen-bond acceptors (Lipinski definition) is 5. The Hall–Kier alpha value is -0.200. The van der Waals surface area contributed by atoms with Gasteiger partial charge in [0.05, 0.1) is 23.9 Å². The molecule has 1 saturated heterocycles. The van der Waals surface area contributed by atoms with Gasteiger partial charge in [0.15, 0.2) is 0 Å². The fraction of sp³-hybridized carbons (Fsp3) is 1.00. The minimum absolute atomic E-state index is 0.0580. The predicted molar refractivity (Wildman–Crippen MR) is 105 cm³/mol. The van der Waals surface area contributed by atoms with E-state index in [9.17, 15) is 10.2 Å². The number of ether oxygens (including phenoxy) is 2. The molecule has 0 aromatic rings. The normalized spacial score (nSPS) is 64.3. The zero-order valence-corrected chi connectivity index (χ0v) is 17.8. The largest absolute Gasteiger partial charge is 0.392 e. The van der Waals surface area contributed by atoms with Crippen LogP contribution in [0.5, 0.6) is 0 Å². The van der Waals surface area contributed by atoms with Gasteiger partial charge in [-0.2, -0.15) is 0 Å². The number of aliphatic hydroxyl groups excluding tert-OH is 1. The summed E-state index contributed by atoms with van der Waals surface area (Å²) in [6.45, 7) is 6.88. The first kappa shape index (κ1) is 18.6. The minimum Gasteiger partial charge on any atom is -0.392 e. The second kappa shape index (κ2) is 5.53. The summed E-state index contributed by atoms with van der Waals surface area (Å²) in [5.74, 6) is 1.58. The Morgan fingerprint density at radius 3 is 2.61 bits per heavy atom. The average Bonchev–Trinajstić information content (AvgIpc) is 3.16. The van der Waals surface area contributed by atoms with Crippen molar-refractivity contribution in [3.8, 4) is 0 Å². The SMILES string of the molecule is CCN1C[C@]2(C)CC[C@H](O)[C@@]34[C@@H]5C[C@H]6[C@H](OC)[C@@H]5[C@](O)(C[C@@H]6OC)[C@@H](C[C@H]23)[C@@H]14. The molecule has 0 aromatic carbocycles. The third kappa shape index (κ3) is 1.73. The molecule has 5 heteroatoms. The average molecular weight is 392 g/mol. The highest BCUT2D eigenvalue weighted by atomic mass is 16.5. The Morgan fingerprint density at radius 1 is 1.14 bits per heavy atom. The summed E-state index contributed by atoms with van der Waals surface area (Å²) < 4.78 is 12.0. The predicted octanol–water partition coefficient (Wildman–Crippen LogP) is 1.90. The monoisotopic (exact) mass is 391 g/mol. The van der Waals surface area contributed by atoms with E-state index in [0.717, 1.165) is 45.2 Å². The number of piperidine rings is 1. The van der Waals surface area contributed by atoms with Crippen molar-refractivity contribution in [2.75, 3.05) is 27.3 Å². The molecule has 0 aromatic heterocycles. The number of likely N-dealkylation sites (tertiary alicyclic amines) is 1. The molecule has 0 radical (unpaired) electrons. The van der Waals surface area contributed by atoms with Gasteiger partial charge in [0.25, 0.3) is 0 Å². The molecule has 1 spiro atoms. The van der Waals surface area contributed by atoms with E-state index in [1.807, 2.05) is 7.11 Å². The molecule has 6 rings (SSSR count). The maximum Gasteiger partial charge on any atom is 0.0771 e. The number of aliphatic hydroxyl groups is 2. The standard InChI is InChI=1S/C23H37NO4/c1-5-24-11-21(2)7-6-17(25)23-13-8-12-15(27-3)10-22(26,18(13)19(12)28-4)14(20(23)24)9-16(21)23/h12-20,25-26H,5-11H2,1-4H3/t12-,13-,14+,15+,16-,17+,18-,19+,20-,21+,22+,23-/m1/s1. The number of fused-ring (bicyclic) bond motifs is 2. The van der Waals surface area contributed by atoms with Crippen LogP contribution < -0.4 is 0 Å². The van der Waals surface area contributed by atoms with Gasteiger partial charge in [0.1, 0.15) is 0 Å². The zero-order valence-electron chi connectivity index (χ0n) is 17.8. The van der Waals surface area contributed by atoms with E-state index < -0.39 is 5.60 Å². The van der Waals surface area contributed by atoms with Crippen LogP contribution in [0.2, 0.25) is 0 Å². The molecule has 6 fully saturated rings. The van der Waals surface area contributed by atoms with Crippen molar-refractivity contribution in [1.82, 2.24) is 4.90 Å². The molecule has 6 aliphatic rings. The summed E-state index contributed by atoms with van der Waals surface area (Å²) in [5.41, 5.74) is -0.543. The molecule has 12 atom stereocenters. The van der Waals surface area contributed by atoms with Crippen LogP contribution in [0.15, 0.2) is 0 Å². The lowest BCUT2D eigenvalue weighted by Gasteiger charge is -2.68. The van der Waals surface area contributed by atoms with Crippen LogP contribution in [-0.4, -0.2) is 72.4 Å². The molecule has 158 valence electrons. The lowest BCUT2D eigenvalue weighted by atomic mass is 9.43. The Labute approximate surface area is 168 Å². The van der Waals surface area contributed by atoms with E-state index in [2.05, 4.69) is 18.7 Å². The van der Waals surface area contributed by atoms with Crippen molar-refractivity contribution in [3.63, 3.8) is 0 Å². The first-order valence-corrected chi connectivity index (χ1v) is 11.6. The summed E-state index contributed by atoms with van der Waals surface area (Å²) >= 11 is 0. The maximum atomic E-state index is 12.4. The van der Waals surface area contributed by atoms with E-state index in [1.165, 1.54) is 0 Å². The van der Waals surface area contributed by atoms with E-state index in [4.69, 9.17) is 9.47 Å². The molecular formula is C23H37NO4. The van der Waals surface area contributed by atoms with Crippen LogP contribution in [0.3, 0.4) is 0 Å². The molecule has 28 heavy (non-hydrogen) atoms. The summed E-state index contributed by atoms with van der Waals surface area (Å²) in [6.07, 6.45) is 4.75. The fourth-order valence-electron chi connectivity index (χ4n) is 10.4. The van der Waals surface area contributed by atoms with E-state index in [0.29, 0.717) is 23.8 Å². The van der Waals surface area contributed by atoms with E-state index >= 15 is 0 Å². The Morgan fingerprint density at radius 2 is 1.93 bits per heavy atom. The van der Waals surface area contributed by atoms with Gasteiger partial charge in [-0.3, -0.25) is 4.90 Å². The van der Waals surface area contributed by atoms with Gasteiger partial charge in [-0.05, 0) is 49.5 Å². The van der Waals surface area contributed by atoms with Crippen LogP contribution in [-0.2, 0) is 9.47 Å². The smallest absolute Gasteiger partial charge is 0.0771 e. The number of methoxy groups -OCH3 is 2. The van der Waals surface area contributed by atoms with Gasteiger partial charge in [0, 0.05) is 56.4 Å². The highest BCUT2D eigenvalue weighted by Gasteiger charge is 2.83.